The van der Waals surface area contributed by atoms with Crippen LogP contribution in [-0.2, 0) is 4.79 Å². The molecular formula is C20H17FN2O3. The number of hydrazone groups is 1. The van der Waals surface area contributed by atoms with Crippen LogP contribution in [-0.4, -0.2) is 25.8 Å². The van der Waals surface area contributed by atoms with Crippen LogP contribution in [0.25, 0.3) is 10.8 Å². The van der Waals surface area contributed by atoms with E-state index in [1.165, 1.54) is 18.2 Å². The number of hydrogen-bond donors (Lipinski definition) is 1. The fourth-order valence-electron chi connectivity index (χ4n) is 2.37. The molecule has 5 nitrogen and oxygen atoms in total. The Hall–Kier alpha value is -3.41. The molecule has 3 aromatic rings. The summed E-state index contributed by atoms with van der Waals surface area (Å²) in [6.45, 7) is -0.252. The second-order valence-electron chi connectivity index (χ2n) is 5.51. The first-order valence-corrected chi connectivity index (χ1v) is 7.92. The highest BCUT2D eigenvalue weighted by Gasteiger charge is 2.02. The third-order valence-corrected chi connectivity index (χ3v) is 3.64. The number of halogens is 1. The van der Waals surface area contributed by atoms with Gasteiger partial charge >= 0.3 is 0 Å². The minimum absolute atomic E-state index is 0.252. The molecule has 0 fully saturated rings. The first-order chi connectivity index (χ1) is 12.6. The quantitative estimate of drug-likeness (QED) is 0.545. The zero-order valence-electron chi connectivity index (χ0n) is 14.1. The molecule has 3 rings (SSSR count). The van der Waals surface area contributed by atoms with Crippen molar-refractivity contribution in [1.82, 2.24) is 5.43 Å². The Morgan fingerprint density at radius 2 is 1.88 bits per heavy atom. The molecular weight excluding hydrogens is 335 g/mol. The Balaban J connectivity index is 1.56. The summed E-state index contributed by atoms with van der Waals surface area (Å²) >= 11 is 0. The zero-order valence-corrected chi connectivity index (χ0v) is 14.1. The number of ether oxygens (including phenoxy) is 2. The lowest BCUT2D eigenvalue weighted by Gasteiger charge is -2.05. The summed E-state index contributed by atoms with van der Waals surface area (Å²) in [5.74, 6) is 0.226. The van der Waals surface area contributed by atoms with Gasteiger partial charge in [-0.05, 0) is 46.7 Å². The van der Waals surface area contributed by atoms with Gasteiger partial charge in [0.05, 0.1) is 13.3 Å². The van der Waals surface area contributed by atoms with Gasteiger partial charge < -0.3 is 9.47 Å². The van der Waals surface area contributed by atoms with Crippen molar-refractivity contribution in [2.45, 2.75) is 0 Å². The number of methoxy groups -OCH3 is 1. The Morgan fingerprint density at radius 3 is 2.69 bits per heavy atom. The van der Waals surface area contributed by atoms with Crippen LogP contribution < -0.4 is 14.9 Å². The molecule has 26 heavy (non-hydrogen) atoms. The fraction of sp³-hybridized carbons (Fsp3) is 0.100. The van der Waals surface area contributed by atoms with Crippen molar-refractivity contribution in [3.8, 4) is 11.5 Å². The van der Waals surface area contributed by atoms with Crippen molar-refractivity contribution in [3.05, 3.63) is 72.0 Å². The highest BCUT2D eigenvalue weighted by Crippen LogP contribution is 2.21. The van der Waals surface area contributed by atoms with Gasteiger partial charge in [0.25, 0.3) is 5.91 Å². The average Bonchev–Trinajstić information content (AvgIpc) is 2.66. The van der Waals surface area contributed by atoms with Gasteiger partial charge in [-0.15, -0.1) is 0 Å². The van der Waals surface area contributed by atoms with Crippen LogP contribution in [0.15, 0.2) is 65.8 Å². The number of fused-ring (bicyclic) bond motifs is 1. The normalized spacial score (nSPS) is 10.8. The van der Waals surface area contributed by atoms with E-state index >= 15 is 0 Å². The number of amides is 1. The number of benzene rings is 3. The smallest absolute Gasteiger partial charge is 0.277 e. The summed E-state index contributed by atoms with van der Waals surface area (Å²) in [6, 6.07) is 17.2. The van der Waals surface area contributed by atoms with Crippen molar-refractivity contribution >= 4 is 22.9 Å². The highest BCUT2D eigenvalue weighted by molar-refractivity contribution is 5.91. The Bertz CT molecular complexity index is 957. The second kappa shape index (κ2) is 8.11. The van der Waals surface area contributed by atoms with Gasteiger partial charge in [-0.1, -0.05) is 24.3 Å². The summed E-state index contributed by atoms with van der Waals surface area (Å²) < 4.78 is 23.4. The molecule has 0 saturated carbocycles. The van der Waals surface area contributed by atoms with Gasteiger partial charge in [0.2, 0.25) is 0 Å². The van der Waals surface area contributed by atoms with Crippen LogP contribution in [0.1, 0.15) is 5.56 Å². The molecule has 132 valence electrons. The first-order valence-electron chi connectivity index (χ1n) is 7.92. The molecule has 0 spiro atoms. The third kappa shape index (κ3) is 4.57. The molecule has 0 bridgehead atoms. The lowest BCUT2D eigenvalue weighted by molar-refractivity contribution is -0.123. The largest absolute Gasteiger partial charge is 0.497 e. The number of carbonyl (C=O) groups is 1. The lowest BCUT2D eigenvalue weighted by atomic mass is 10.1. The molecule has 0 aliphatic heterocycles. The monoisotopic (exact) mass is 352 g/mol. The number of carbonyl (C=O) groups excluding carboxylic acids is 1. The van der Waals surface area contributed by atoms with E-state index in [0.29, 0.717) is 0 Å². The van der Waals surface area contributed by atoms with E-state index in [9.17, 15) is 9.18 Å². The van der Waals surface area contributed by atoms with Crippen LogP contribution in [0.4, 0.5) is 4.39 Å². The molecule has 0 atom stereocenters. The first kappa shape index (κ1) is 17.4. The lowest BCUT2D eigenvalue weighted by Crippen LogP contribution is -2.24. The SMILES string of the molecule is COc1ccc2cc(/C=N\NC(=O)COc3cccc(F)c3)ccc2c1. The predicted molar refractivity (Wildman–Crippen MR) is 98.1 cm³/mol. The van der Waals surface area contributed by atoms with Crippen molar-refractivity contribution in [3.63, 3.8) is 0 Å². The van der Waals surface area contributed by atoms with Gasteiger partial charge in [0.15, 0.2) is 6.61 Å². The molecule has 0 saturated heterocycles. The molecule has 0 unspecified atom stereocenters. The van der Waals surface area contributed by atoms with Gasteiger partial charge in [-0.25, -0.2) is 9.82 Å². The van der Waals surface area contributed by atoms with E-state index < -0.39 is 11.7 Å². The van der Waals surface area contributed by atoms with Crippen LogP contribution in [0.3, 0.4) is 0 Å². The number of nitrogens with zero attached hydrogens (tertiary/aromatic N) is 1. The minimum atomic E-state index is -0.434. The maximum Gasteiger partial charge on any atom is 0.277 e. The van der Waals surface area contributed by atoms with Gasteiger partial charge in [-0.2, -0.15) is 5.10 Å². The Kier molecular flexibility index (Phi) is 5.43. The zero-order chi connectivity index (χ0) is 18.4. The molecule has 0 radical (unpaired) electrons. The third-order valence-electron chi connectivity index (χ3n) is 3.64. The van der Waals surface area contributed by atoms with Crippen LogP contribution in [0, 0.1) is 5.82 Å². The number of hydrogen-bond acceptors (Lipinski definition) is 4. The second-order valence-corrected chi connectivity index (χ2v) is 5.51. The van der Waals surface area contributed by atoms with Crippen molar-refractivity contribution in [2.75, 3.05) is 13.7 Å². The molecule has 0 heterocycles. The molecule has 0 aromatic heterocycles. The van der Waals surface area contributed by atoms with E-state index in [-0.39, 0.29) is 12.4 Å². The van der Waals surface area contributed by atoms with E-state index in [0.717, 1.165) is 22.1 Å². The maximum absolute atomic E-state index is 13.0. The molecule has 1 N–H and O–H groups in total. The average molecular weight is 352 g/mol. The van der Waals surface area contributed by atoms with Crippen molar-refractivity contribution in [2.24, 2.45) is 5.10 Å². The number of rotatable bonds is 6. The predicted octanol–water partition coefficient (Wildman–Crippen LogP) is 3.52. The van der Waals surface area contributed by atoms with Crippen molar-refractivity contribution in [1.29, 1.82) is 0 Å². The van der Waals surface area contributed by atoms with Gasteiger partial charge in [0.1, 0.15) is 17.3 Å². The van der Waals surface area contributed by atoms with Crippen LogP contribution >= 0.6 is 0 Å². The van der Waals surface area contributed by atoms with Crippen LogP contribution in [0.5, 0.6) is 11.5 Å². The minimum Gasteiger partial charge on any atom is -0.497 e. The standard InChI is InChI=1S/C20H17FN2O3/c1-25-18-8-7-15-9-14(5-6-16(15)10-18)12-22-23-20(24)13-26-19-4-2-3-17(21)11-19/h2-12H,13H2,1H3,(H,23,24)/b22-12-. The van der Waals surface area contributed by atoms with E-state index in [4.69, 9.17) is 9.47 Å². The Labute approximate surface area is 150 Å². The molecule has 0 aliphatic carbocycles. The summed E-state index contributed by atoms with van der Waals surface area (Å²) in [7, 11) is 1.63. The van der Waals surface area contributed by atoms with Crippen LogP contribution in [0.2, 0.25) is 0 Å². The Morgan fingerprint density at radius 1 is 1.08 bits per heavy atom. The van der Waals surface area contributed by atoms with Gasteiger partial charge in [-0.3, -0.25) is 4.79 Å². The maximum atomic E-state index is 13.0. The molecule has 6 heteroatoms. The summed E-state index contributed by atoms with van der Waals surface area (Å²) in [4.78, 5) is 11.7. The molecule has 1 amide bonds. The van der Waals surface area contributed by atoms with E-state index in [1.54, 1.807) is 19.4 Å². The number of nitrogens with one attached hydrogen (secondary N) is 1. The van der Waals surface area contributed by atoms with Crippen molar-refractivity contribution < 1.29 is 18.7 Å². The topological polar surface area (TPSA) is 59.9 Å². The summed E-state index contributed by atoms with van der Waals surface area (Å²) in [6.07, 6.45) is 1.55. The summed E-state index contributed by atoms with van der Waals surface area (Å²) in [5.41, 5.74) is 3.22. The summed E-state index contributed by atoms with van der Waals surface area (Å²) in [5, 5.41) is 6.00. The molecule has 3 aromatic carbocycles. The molecule has 0 aliphatic rings. The fourth-order valence-corrected chi connectivity index (χ4v) is 2.37. The van der Waals surface area contributed by atoms with E-state index in [1.807, 2.05) is 36.4 Å². The van der Waals surface area contributed by atoms with E-state index in [2.05, 4.69) is 10.5 Å². The van der Waals surface area contributed by atoms with Gasteiger partial charge in [0, 0.05) is 6.07 Å². The highest BCUT2D eigenvalue weighted by atomic mass is 19.1.